The Morgan fingerprint density at radius 3 is 0.875 bits per heavy atom. The predicted molar refractivity (Wildman–Crippen MR) is 316 cm³/mol. The van der Waals surface area contributed by atoms with Gasteiger partial charge in [0.1, 0.15) is 12.2 Å². The van der Waals surface area contributed by atoms with Gasteiger partial charge < -0.3 is 25.7 Å². The number of allylic oxidation sites excluding steroid dienone is 8. The zero-order chi connectivity index (χ0) is 52.3. The van der Waals surface area contributed by atoms with Crippen molar-refractivity contribution in [1.29, 1.82) is 0 Å². The van der Waals surface area contributed by atoms with Crippen molar-refractivity contribution < 1.29 is 25.2 Å². The molecule has 0 radical (unpaired) electrons. The number of unbranched alkanes of at least 4 members (excludes halogenated alkanes) is 42. The van der Waals surface area contributed by atoms with E-state index in [4.69, 9.17) is 0 Å². The van der Waals surface area contributed by atoms with Gasteiger partial charge >= 0.3 is 0 Å². The molecule has 0 aliphatic heterocycles. The third-order valence-electron chi connectivity index (χ3n) is 15.0. The molecule has 0 aromatic carbocycles. The first-order valence-electron chi connectivity index (χ1n) is 32.0. The largest absolute Gasteiger partial charge is 0.394 e. The van der Waals surface area contributed by atoms with E-state index in [1.54, 1.807) is 0 Å². The number of carbonyl (C=O) groups excluding carboxylic acids is 1. The molecule has 0 saturated carbocycles. The Balaban J connectivity index is 3.63. The molecule has 0 aliphatic carbocycles. The Hall–Kier alpha value is -1.73. The fraction of sp³-hybridized carbons (Fsp3) is 0.864. The van der Waals surface area contributed by atoms with Crippen molar-refractivity contribution in [2.24, 2.45) is 0 Å². The Kier molecular flexibility index (Phi) is 58.7. The summed E-state index contributed by atoms with van der Waals surface area (Å²) >= 11 is 0. The summed E-state index contributed by atoms with van der Waals surface area (Å²) in [6, 6.07) is -1.01. The van der Waals surface area contributed by atoms with Crippen LogP contribution in [0.2, 0.25) is 0 Å². The molecular weight excluding hydrogens is 887 g/mol. The van der Waals surface area contributed by atoms with Crippen LogP contribution >= 0.6 is 0 Å². The second kappa shape index (κ2) is 60.1. The Labute approximate surface area is 449 Å². The van der Waals surface area contributed by atoms with Crippen LogP contribution in [0, 0.1) is 0 Å². The average Bonchev–Trinajstić information content (AvgIpc) is 3.39. The second-order valence-electron chi connectivity index (χ2n) is 22.1. The molecule has 1 amide bonds. The molecule has 6 nitrogen and oxygen atoms in total. The van der Waals surface area contributed by atoms with Gasteiger partial charge in [0.25, 0.3) is 0 Å². The van der Waals surface area contributed by atoms with Crippen LogP contribution in [0.3, 0.4) is 0 Å². The fourth-order valence-electron chi connectivity index (χ4n) is 9.96. The van der Waals surface area contributed by atoms with Gasteiger partial charge in [-0.05, 0) is 89.9 Å². The summed E-state index contributed by atoms with van der Waals surface area (Å²) < 4.78 is 0. The van der Waals surface area contributed by atoms with E-state index in [-0.39, 0.29) is 0 Å². The van der Waals surface area contributed by atoms with Crippen LogP contribution in [0.5, 0.6) is 0 Å². The molecule has 0 saturated heterocycles. The molecule has 5 N–H and O–H groups in total. The van der Waals surface area contributed by atoms with Gasteiger partial charge in [0.15, 0.2) is 0 Å². The van der Waals surface area contributed by atoms with Crippen molar-refractivity contribution in [2.75, 3.05) is 6.61 Å². The maximum absolute atomic E-state index is 12.6. The topological polar surface area (TPSA) is 110 Å². The minimum absolute atomic E-state index is 0.360. The molecule has 6 heteroatoms. The molecule has 0 bridgehead atoms. The van der Waals surface area contributed by atoms with E-state index < -0.39 is 36.9 Å². The second-order valence-corrected chi connectivity index (χ2v) is 22.1. The van der Waals surface area contributed by atoms with Crippen molar-refractivity contribution in [3.05, 3.63) is 48.6 Å². The van der Waals surface area contributed by atoms with E-state index in [0.717, 1.165) is 51.4 Å². The normalized spacial score (nSPS) is 13.9. The molecular formula is C66H125NO5. The van der Waals surface area contributed by atoms with Crippen molar-refractivity contribution in [3.8, 4) is 0 Å². The minimum atomic E-state index is -1.30. The summed E-state index contributed by atoms with van der Waals surface area (Å²) in [4.78, 5) is 12.6. The predicted octanol–water partition coefficient (Wildman–Crippen LogP) is 19.3. The highest BCUT2D eigenvalue weighted by Crippen LogP contribution is 2.18. The zero-order valence-electron chi connectivity index (χ0n) is 48.2. The van der Waals surface area contributed by atoms with Crippen LogP contribution in [0.1, 0.15) is 335 Å². The van der Waals surface area contributed by atoms with Gasteiger partial charge in [-0.25, -0.2) is 0 Å². The average molecular weight is 1010 g/mol. The van der Waals surface area contributed by atoms with Crippen molar-refractivity contribution in [1.82, 2.24) is 5.32 Å². The van der Waals surface area contributed by atoms with Crippen LogP contribution in [-0.4, -0.2) is 57.3 Å². The molecule has 4 unspecified atom stereocenters. The first-order chi connectivity index (χ1) is 35.5. The van der Waals surface area contributed by atoms with E-state index in [1.807, 2.05) is 0 Å². The van der Waals surface area contributed by atoms with Gasteiger partial charge in [0.2, 0.25) is 5.91 Å². The summed E-state index contributed by atoms with van der Waals surface area (Å²) in [6.45, 7) is 4.08. The molecule has 0 heterocycles. The monoisotopic (exact) mass is 1010 g/mol. The van der Waals surface area contributed by atoms with E-state index in [0.29, 0.717) is 19.3 Å². The van der Waals surface area contributed by atoms with Gasteiger partial charge in [-0.3, -0.25) is 4.79 Å². The van der Waals surface area contributed by atoms with Crippen LogP contribution in [-0.2, 0) is 4.79 Å². The number of rotatable bonds is 59. The van der Waals surface area contributed by atoms with E-state index >= 15 is 0 Å². The lowest BCUT2D eigenvalue weighted by Crippen LogP contribution is -2.53. The van der Waals surface area contributed by atoms with E-state index in [2.05, 4.69) is 67.8 Å². The third-order valence-corrected chi connectivity index (χ3v) is 15.0. The van der Waals surface area contributed by atoms with Gasteiger partial charge in [0, 0.05) is 0 Å². The van der Waals surface area contributed by atoms with Gasteiger partial charge in [0.05, 0.1) is 18.8 Å². The molecule has 0 aromatic heterocycles. The number of amides is 1. The lowest BCUT2D eigenvalue weighted by molar-refractivity contribution is -0.132. The van der Waals surface area contributed by atoms with Crippen LogP contribution in [0.25, 0.3) is 0 Å². The first kappa shape index (κ1) is 70.3. The molecule has 0 aromatic rings. The Bertz CT molecular complexity index is 1180. The quantitative estimate of drug-likeness (QED) is 0.0308. The first-order valence-corrected chi connectivity index (χ1v) is 32.0. The molecule has 4 atom stereocenters. The highest BCUT2D eigenvalue weighted by Gasteiger charge is 2.28. The third kappa shape index (κ3) is 53.1. The van der Waals surface area contributed by atoms with Gasteiger partial charge in [-0.15, -0.1) is 0 Å². The van der Waals surface area contributed by atoms with Crippen LogP contribution < -0.4 is 5.32 Å². The van der Waals surface area contributed by atoms with Gasteiger partial charge in [-0.2, -0.15) is 0 Å². The number of carbonyl (C=O) groups is 1. The molecule has 72 heavy (non-hydrogen) atoms. The molecule has 424 valence electrons. The molecule has 0 rings (SSSR count). The number of aliphatic hydroxyl groups excluding tert-OH is 4. The number of aliphatic hydroxyl groups is 4. The summed E-state index contributed by atoms with van der Waals surface area (Å²) in [7, 11) is 0. The van der Waals surface area contributed by atoms with Crippen LogP contribution in [0.15, 0.2) is 48.6 Å². The maximum atomic E-state index is 12.6. The lowest BCUT2D eigenvalue weighted by Gasteiger charge is -2.27. The Morgan fingerprint density at radius 2 is 0.583 bits per heavy atom. The lowest BCUT2D eigenvalue weighted by atomic mass is 10.00. The van der Waals surface area contributed by atoms with Crippen LogP contribution in [0.4, 0.5) is 0 Å². The summed E-state index contributed by atoms with van der Waals surface area (Å²) in [5, 5.41) is 44.1. The van der Waals surface area contributed by atoms with E-state index in [1.165, 1.54) is 250 Å². The van der Waals surface area contributed by atoms with Crippen molar-refractivity contribution in [3.63, 3.8) is 0 Å². The maximum Gasteiger partial charge on any atom is 0.249 e. The standard InChI is InChI=1S/C66H125NO5/c1-3-5-7-9-11-13-15-17-19-21-23-25-27-29-30-31-32-33-34-35-36-38-40-42-44-46-48-50-52-54-56-58-60-64(70)66(72)67-62(61-68)65(71)63(69)59-57-55-53-51-49-47-45-43-41-39-37-28-26-24-22-20-18-16-14-12-10-8-6-4-2/h28-30,37,43,45,51,53,62-65,68-71H,3-27,31-36,38-42,44,46-50,52,54-61H2,1-2H3,(H,67,72)/b30-29-,37-28+,45-43+,53-51+. The Morgan fingerprint density at radius 1 is 0.333 bits per heavy atom. The number of hydrogen-bond acceptors (Lipinski definition) is 5. The summed E-state index contributed by atoms with van der Waals surface area (Å²) in [6.07, 6.45) is 77.8. The molecule has 0 spiro atoms. The number of hydrogen-bond donors (Lipinski definition) is 5. The van der Waals surface area contributed by atoms with E-state index in [9.17, 15) is 25.2 Å². The molecule has 0 aliphatic rings. The SMILES string of the molecule is CCCCCCCCCCCCC/C=C/CC/C=C/CC/C=C/CCCC(O)C(O)C(CO)NC(=O)C(O)CCCCCCCCCCCCCCCCCC/C=C\CCCCCCCCCCCCCC. The van der Waals surface area contributed by atoms with Crippen molar-refractivity contribution >= 4 is 5.91 Å². The summed E-state index contributed by atoms with van der Waals surface area (Å²) in [5.41, 5.74) is 0. The van der Waals surface area contributed by atoms with Crippen molar-refractivity contribution in [2.45, 2.75) is 359 Å². The fourth-order valence-corrected chi connectivity index (χ4v) is 9.96. The highest BCUT2D eigenvalue weighted by atomic mass is 16.3. The number of nitrogens with one attached hydrogen (secondary N) is 1. The zero-order valence-corrected chi connectivity index (χ0v) is 48.2. The minimum Gasteiger partial charge on any atom is -0.394 e. The molecule has 0 fully saturated rings. The van der Waals surface area contributed by atoms with Gasteiger partial charge in [-0.1, -0.05) is 294 Å². The highest BCUT2D eigenvalue weighted by molar-refractivity contribution is 5.80. The summed E-state index contributed by atoms with van der Waals surface area (Å²) in [5.74, 6) is -0.595. The smallest absolute Gasteiger partial charge is 0.249 e.